The van der Waals surface area contributed by atoms with E-state index in [2.05, 4.69) is 31.8 Å². The highest BCUT2D eigenvalue weighted by Crippen LogP contribution is 2.25. The summed E-state index contributed by atoms with van der Waals surface area (Å²) in [6.07, 6.45) is 1.67. The summed E-state index contributed by atoms with van der Waals surface area (Å²) < 4.78 is 5.84. The molecule has 0 N–H and O–H groups in total. The second-order valence-corrected chi connectivity index (χ2v) is 4.80. The second kappa shape index (κ2) is 5.40. The molecule has 2 aromatic rings. The van der Waals surface area contributed by atoms with E-state index in [1.807, 2.05) is 18.2 Å². The standard InChI is InChI=1S/C15H16ClNO/c1-10-7-11(2)12(3)14(8-10)18-9-13-5-4-6-17-15(13)16/h4-8H,9H2,1-3H3. The minimum absolute atomic E-state index is 0.441. The maximum atomic E-state index is 6.00. The van der Waals surface area contributed by atoms with E-state index < -0.39 is 0 Å². The van der Waals surface area contributed by atoms with E-state index in [-0.39, 0.29) is 0 Å². The Bertz CT molecular complexity index is 566. The maximum absolute atomic E-state index is 6.00. The van der Waals surface area contributed by atoms with Gasteiger partial charge in [-0.2, -0.15) is 0 Å². The molecule has 2 nitrogen and oxygen atoms in total. The summed E-state index contributed by atoms with van der Waals surface area (Å²) in [7, 11) is 0. The first kappa shape index (κ1) is 12.9. The van der Waals surface area contributed by atoms with Gasteiger partial charge in [0.1, 0.15) is 17.5 Å². The lowest BCUT2D eigenvalue weighted by molar-refractivity contribution is 0.303. The minimum atomic E-state index is 0.441. The molecule has 1 aromatic carbocycles. The Balaban J connectivity index is 2.18. The van der Waals surface area contributed by atoms with Gasteiger partial charge in [-0.15, -0.1) is 0 Å². The van der Waals surface area contributed by atoms with Crippen molar-refractivity contribution in [2.45, 2.75) is 27.4 Å². The number of hydrogen-bond donors (Lipinski definition) is 0. The summed E-state index contributed by atoms with van der Waals surface area (Å²) in [5, 5.41) is 0.500. The van der Waals surface area contributed by atoms with Crippen molar-refractivity contribution in [3.8, 4) is 5.75 Å². The third-order valence-corrected chi connectivity index (χ3v) is 3.32. The van der Waals surface area contributed by atoms with E-state index >= 15 is 0 Å². The fraction of sp³-hybridized carbons (Fsp3) is 0.267. The third kappa shape index (κ3) is 2.82. The van der Waals surface area contributed by atoms with Crippen LogP contribution in [-0.2, 0) is 6.61 Å². The lowest BCUT2D eigenvalue weighted by Gasteiger charge is -2.12. The van der Waals surface area contributed by atoms with Crippen molar-refractivity contribution >= 4 is 11.6 Å². The molecule has 0 aliphatic heterocycles. The predicted octanol–water partition coefficient (Wildman–Crippen LogP) is 4.24. The molecule has 0 spiro atoms. The number of ether oxygens (including phenoxy) is 1. The molecule has 94 valence electrons. The highest BCUT2D eigenvalue weighted by Gasteiger charge is 2.06. The van der Waals surface area contributed by atoms with E-state index in [0.29, 0.717) is 11.8 Å². The third-order valence-electron chi connectivity index (χ3n) is 2.98. The molecular formula is C15H16ClNO. The summed E-state index contributed by atoms with van der Waals surface area (Å²) in [6, 6.07) is 7.98. The SMILES string of the molecule is Cc1cc(C)c(C)c(OCc2cccnc2Cl)c1. The average molecular weight is 262 g/mol. The molecule has 0 unspecified atom stereocenters. The minimum Gasteiger partial charge on any atom is -0.488 e. The zero-order valence-corrected chi connectivity index (χ0v) is 11.6. The number of hydrogen-bond acceptors (Lipinski definition) is 2. The molecule has 0 fully saturated rings. The van der Waals surface area contributed by atoms with E-state index in [1.165, 1.54) is 16.7 Å². The quantitative estimate of drug-likeness (QED) is 0.771. The first-order valence-electron chi connectivity index (χ1n) is 5.88. The van der Waals surface area contributed by atoms with Gasteiger partial charge in [0, 0.05) is 11.8 Å². The Morgan fingerprint density at radius 1 is 1.22 bits per heavy atom. The number of aromatic nitrogens is 1. The molecule has 2 rings (SSSR count). The molecule has 0 amide bonds. The molecule has 3 heteroatoms. The fourth-order valence-electron chi connectivity index (χ4n) is 1.83. The van der Waals surface area contributed by atoms with Gasteiger partial charge in [-0.25, -0.2) is 4.98 Å². The molecule has 18 heavy (non-hydrogen) atoms. The molecule has 0 atom stereocenters. The Morgan fingerprint density at radius 2 is 2.00 bits per heavy atom. The summed E-state index contributed by atoms with van der Waals surface area (Å²) in [6.45, 7) is 6.66. The summed E-state index contributed by atoms with van der Waals surface area (Å²) in [4.78, 5) is 4.03. The largest absolute Gasteiger partial charge is 0.488 e. The second-order valence-electron chi connectivity index (χ2n) is 4.45. The average Bonchev–Trinajstić information content (AvgIpc) is 2.33. The van der Waals surface area contributed by atoms with E-state index in [4.69, 9.17) is 16.3 Å². The highest BCUT2D eigenvalue weighted by molar-refractivity contribution is 6.30. The maximum Gasteiger partial charge on any atom is 0.135 e. The Labute approximate surface area is 113 Å². The first-order valence-corrected chi connectivity index (χ1v) is 6.26. The smallest absolute Gasteiger partial charge is 0.135 e. The van der Waals surface area contributed by atoms with Gasteiger partial charge in [-0.05, 0) is 49.6 Å². The van der Waals surface area contributed by atoms with Crippen molar-refractivity contribution in [3.05, 3.63) is 57.9 Å². The van der Waals surface area contributed by atoms with Crippen LogP contribution in [0.3, 0.4) is 0 Å². The van der Waals surface area contributed by atoms with Crippen LogP contribution in [0.25, 0.3) is 0 Å². The van der Waals surface area contributed by atoms with Crippen LogP contribution in [0.2, 0.25) is 5.15 Å². The Hall–Kier alpha value is -1.54. The number of pyridine rings is 1. The number of benzene rings is 1. The summed E-state index contributed by atoms with van der Waals surface area (Å²) in [5.41, 5.74) is 4.51. The molecule has 1 heterocycles. The summed E-state index contributed by atoms with van der Waals surface area (Å²) in [5.74, 6) is 0.910. The van der Waals surface area contributed by atoms with E-state index in [0.717, 1.165) is 11.3 Å². The van der Waals surface area contributed by atoms with Crippen molar-refractivity contribution in [3.63, 3.8) is 0 Å². The zero-order valence-electron chi connectivity index (χ0n) is 10.8. The van der Waals surface area contributed by atoms with Crippen LogP contribution < -0.4 is 4.74 Å². The van der Waals surface area contributed by atoms with Gasteiger partial charge in [0.25, 0.3) is 0 Å². The van der Waals surface area contributed by atoms with Crippen molar-refractivity contribution in [1.82, 2.24) is 4.98 Å². The van der Waals surface area contributed by atoms with Gasteiger partial charge >= 0.3 is 0 Å². The highest BCUT2D eigenvalue weighted by atomic mass is 35.5. The molecule has 1 aromatic heterocycles. The molecule has 0 saturated heterocycles. The van der Waals surface area contributed by atoms with Crippen LogP contribution in [0.4, 0.5) is 0 Å². The Morgan fingerprint density at radius 3 is 2.72 bits per heavy atom. The van der Waals surface area contributed by atoms with Gasteiger partial charge in [-0.3, -0.25) is 0 Å². The number of halogens is 1. The van der Waals surface area contributed by atoms with Crippen molar-refractivity contribution < 1.29 is 4.74 Å². The van der Waals surface area contributed by atoms with Gasteiger partial charge in [0.05, 0.1) is 0 Å². The van der Waals surface area contributed by atoms with E-state index in [9.17, 15) is 0 Å². The van der Waals surface area contributed by atoms with Crippen molar-refractivity contribution in [1.29, 1.82) is 0 Å². The molecule has 0 bridgehead atoms. The van der Waals surface area contributed by atoms with Crippen LogP contribution >= 0.6 is 11.6 Å². The molecule has 0 saturated carbocycles. The van der Waals surface area contributed by atoms with Crippen LogP contribution in [-0.4, -0.2) is 4.98 Å². The topological polar surface area (TPSA) is 22.1 Å². The van der Waals surface area contributed by atoms with Crippen LogP contribution in [0, 0.1) is 20.8 Å². The lowest BCUT2D eigenvalue weighted by Crippen LogP contribution is -2.00. The fourth-order valence-corrected chi connectivity index (χ4v) is 2.01. The van der Waals surface area contributed by atoms with Crippen LogP contribution in [0.1, 0.15) is 22.3 Å². The lowest BCUT2D eigenvalue weighted by atomic mass is 10.1. The molecule has 0 aliphatic rings. The van der Waals surface area contributed by atoms with Gasteiger partial charge < -0.3 is 4.74 Å². The van der Waals surface area contributed by atoms with E-state index in [1.54, 1.807) is 6.20 Å². The predicted molar refractivity (Wildman–Crippen MR) is 74.2 cm³/mol. The number of rotatable bonds is 3. The molecule has 0 radical (unpaired) electrons. The monoisotopic (exact) mass is 261 g/mol. The zero-order chi connectivity index (χ0) is 13.1. The molecular weight excluding hydrogens is 246 g/mol. The van der Waals surface area contributed by atoms with Gasteiger partial charge in [-0.1, -0.05) is 23.7 Å². The normalized spacial score (nSPS) is 10.4. The van der Waals surface area contributed by atoms with Crippen LogP contribution in [0.5, 0.6) is 5.75 Å². The Kier molecular flexibility index (Phi) is 3.87. The number of aryl methyl sites for hydroxylation is 2. The first-order chi connectivity index (χ1) is 8.58. The van der Waals surface area contributed by atoms with Gasteiger partial charge in [0.15, 0.2) is 0 Å². The van der Waals surface area contributed by atoms with Crippen LogP contribution in [0.15, 0.2) is 30.5 Å². The van der Waals surface area contributed by atoms with Crippen molar-refractivity contribution in [2.75, 3.05) is 0 Å². The summed E-state index contributed by atoms with van der Waals surface area (Å²) >= 11 is 6.00. The molecule has 0 aliphatic carbocycles. The van der Waals surface area contributed by atoms with Crippen molar-refractivity contribution in [2.24, 2.45) is 0 Å². The number of nitrogens with zero attached hydrogens (tertiary/aromatic N) is 1. The van der Waals surface area contributed by atoms with Gasteiger partial charge in [0.2, 0.25) is 0 Å².